The van der Waals surface area contributed by atoms with Crippen LogP contribution in [0.4, 0.5) is 5.95 Å². The molecule has 7 nitrogen and oxygen atoms in total. The molecule has 6 N–H and O–H groups in total. The van der Waals surface area contributed by atoms with E-state index in [0.29, 0.717) is 25.1 Å². The molecule has 7 heteroatoms. The first-order valence-electron chi connectivity index (χ1n) is 4.93. The van der Waals surface area contributed by atoms with Crippen molar-refractivity contribution in [3.05, 3.63) is 5.69 Å². The van der Waals surface area contributed by atoms with Gasteiger partial charge >= 0.3 is 5.97 Å². The summed E-state index contributed by atoms with van der Waals surface area (Å²) in [6.45, 7) is 2.18. The van der Waals surface area contributed by atoms with E-state index >= 15 is 0 Å². The van der Waals surface area contributed by atoms with Gasteiger partial charge in [0.2, 0.25) is 11.8 Å². The standard InChI is InChI=1S/C9H16N4O3/c1-5-7(14)12-9(11)13(5)4-2-3-6(10)8(15)16/h6,14H,2-4,10H2,1H3,(H2,11,12)(H,15,16). The van der Waals surface area contributed by atoms with Gasteiger partial charge in [0, 0.05) is 6.54 Å². The van der Waals surface area contributed by atoms with Gasteiger partial charge in [0.1, 0.15) is 6.04 Å². The van der Waals surface area contributed by atoms with E-state index in [0.717, 1.165) is 0 Å². The topological polar surface area (TPSA) is 127 Å². The highest BCUT2D eigenvalue weighted by molar-refractivity contribution is 5.72. The van der Waals surface area contributed by atoms with Crippen molar-refractivity contribution < 1.29 is 15.0 Å². The predicted molar refractivity (Wildman–Crippen MR) is 57.9 cm³/mol. The Kier molecular flexibility index (Phi) is 3.73. The number of rotatable bonds is 5. The summed E-state index contributed by atoms with van der Waals surface area (Å²) in [7, 11) is 0. The van der Waals surface area contributed by atoms with Gasteiger partial charge in [-0.3, -0.25) is 4.79 Å². The number of nitrogens with zero attached hydrogens (tertiary/aromatic N) is 2. The number of carboxylic acid groups (broad SMARTS) is 1. The monoisotopic (exact) mass is 228 g/mol. The molecule has 0 aliphatic heterocycles. The van der Waals surface area contributed by atoms with Crippen LogP contribution < -0.4 is 11.5 Å². The lowest BCUT2D eigenvalue weighted by molar-refractivity contribution is -0.138. The van der Waals surface area contributed by atoms with E-state index < -0.39 is 12.0 Å². The van der Waals surface area contributed by atoms with Crippen molar-refractivity contribution in [2.75, 3.05) is 5.73 Å². The summed E-state index contributed by atoms with van der Waals surface area (Å²) in [5, 5.41) is 17.9. The largest absolute Gasteiger partial charge is 0.492 e. The molecule has 1 aromatic heterocycles. The molecule has 0 spiro atoms. The minimum atomic E-state index is -1.02. The Balaban J connectivity index is 2.52. The maximum absolute atomic E-state index is 10.5. The van der Waals surface area contributed by atoms with Crippen LogP contribution in [0, 0.1) is 6.92 Å². The second kappa shape index (κ2) is 4.84. The molecule has 1 aromatic rings. The van der Waals surface area contributed by atoms with Crippen molar-refractivity contribution in [3.63, 3.8) is 0 Å². The van der Waals surface area contributed by atoms with Gasteiger partial charge in [0.25, 0.3) is 0 Å². The number of aliphatic carboxylic acids is 1. The molecule has 16 heavy (non-hydrogen) atoms. The van der Waals surface area contributed by atoms with Crippen molar-refractivity contribution in [2.24, 2.45) is 5.73 Å². The number of carboxylic acids is 1. The van der Waals surface area contributed by atoms with Crippen LogP contribution in [0.3, 0.4) is 0 Å². The first-order valence-corrected chi connectivity index (χ1v) is 4.93. The maximum Gasteiger partial charge on any atom is 0.320 e. The van der Waals surface area contributed by atoms with Crippen molar-refractivity contribution in [1.29, 1.82) is 0 Å². The van der Waals surface area contributed by atoms with Crippen LogP contribution >= 0.6 is 0 Å². The van der Waals surface area contributed by atoms with E-state index in [2.05, 4.69) is 4.98 Å². The lowest BCUT2D eigenvalue weighted by Gasteiger charge is -2.08. The fourth-order valence-corrected chi connectivity index (χ4v) is 1.42. The second-order valence-corrected chi connectivity index (χ2v) is 3.62. The summed E-state index contributed by atoms with van der Waals surface area (Å²) < 4.78 is 1.63. The third kappa shape index (κ3) is 2.63. The number of carbonyl (C=O) groups is 1. The van der Waals surface area contributed by atoms with Gasteiger partial charge < -0.3 is 26.2 Å². The zero-order valence-electron chi connectivity index (χ0n) is 9.05. The van der Waals surface area contributed by atoms with Crippen molar-refractivity contribution in [3.8, 4) is 5.88 Å². The summed E-state index contributed by atoms with van der Waals surface area (Å²) >= 11 is 0. The molecule has 0 amide bonds. The van der Waals surface area contributed by atoms with Gasteiger partial charge in [0.15, 0.2) is 0 Å². The normalized spacial score (nSPS) is 12.6. The third-order valence-electron chi connectivity index (χ3n) is 2.44. The van der Waals surface area contributed by atoms with E-state index in [-0.39, 0.29) is 11.8 Å². The first-order chi connectivity index (χ1) is 7.43. The second-order valence-electron chi connectivity index (χ2n) is 3.62. The lowest BCUT2D eigenvalue weighted by atomic mass is 10.2. The van der Waals surface area contributed by atoms with Crippen molar-refractivity contribution >= 4 is 11.9 Å². The molecule has 90 valence electrons. The van der Waals surface area contributed by atoms with Crippen LogP contribution in [0.5, 0.6) is 5.88 Å². The van der Waals surface area contributed by atoms with Crippen molar-refractivity contribution in [2.45, 2.75) is 32.4 Å². The number of nitrogens with two attached hydrogens (primary N) is 2. The van der Waals surface area contributed by atoms with E-state index in [9.17, 15) is 9.90 Å². The third-order valence-corrected chi connectivity index (χ3v) is 2.44. The zero-order valence-corrected chi connectivity index (χ0v) is 9.05. The maximum atomic E-state index is 10.5. The molecule has 1 atom stereocenters. The number of aromatic nitrogens is 2. The highest BCUT2D eigenvalue weighted by Gasteiger charge is 2.13. The van der Waals surface area contributed by atoms with Crippen molar-refractivity contribution in [1.82, 2.24) is 9.55 Å². The summed E-state index contributed by atoms with van der Waals surface area (Å²) in [5.74, 6) is -0.892. The number of aromatic hydroxyl groups is 1. The van der Waals surface area contributed by atoms with E-state index in [4.69, 9.17) is 16.6 Å². The molecule has 0 aliphatic rings. The van der Waals surface area contributed by atoms with Crippen LogP contribution in [0.25, 0.3) is 0 Å². The summed E-state index contributed by atoms with van der Waals surface area (Å²) in [4.78, 5) is 14.2. The quantitative estimate of drug-likeness (QED) is 0.546. The predicted octanol–water partition coefficient (Wildman–Crippen LogP) is -0.329. The average Bonchev–Trinajstić information content (AvgIpc) is 2.44. The Morgan fingerprint density at radius 3 is 2.69 bits per heavy atom. The number of hydrogen-bond donors (Lipinski definition) is 4. The Labute approximate surface area is 92.7 Å². The minimum absolute atomic E-state index is 0.0972. The fraction of sp³-hybridized carbons (Fsp3) is 0.556. The van der Waals surface area contributed by atoms with Gasteiger partial charge in [0.05, 0.1) is 5.69 Å². The first kappa shape index (κ1) is 12.3. The Morgan fingerprint density at radius 1 is 1.62 bits per heavy atom. The van der Waals surface area contributed by atoms with Gasteiger partial charge in [-0.05, 0) is 19.8 Å². The van der Waals surface area contributed by atoms with Gasteiger partial charge in [-0.2, -0.15) is 4.98 Å². The van der Waals surface area contributed by atoms with Crippen LogP contribution in [-0.2, 0) is 11.3 Å². The SMILES string of the molecule is Cc1c(O)nc(N)n1CCCC(N)C(=O)O. The molecule has 0 aliphatic carbocycles. The van der Waals surface area contributed by atoms with Crippen LogP contribution in [0.1, 0.15) is 18.5 Å². The molecule has 0 fully saturated rings. The van der Waals surface area contributed by atoms with Crippen LogP contribution in [0.2, 0.25) is 0 Å². The summed E-state index contributed by atoms with van der Waals surface area (Å²) in [6.07, 6.45) is 0.918. The molecule has 0 bridgehead atoms. The molecule has 0 aromatic carbocycles. The summed E-state index contributed by atoms with van der Waals surface area (Å²) in [6, 6.07) is -0.862. The highest BCUT2D eigenvalue weighted by atomic mass is 16.4. The lowest BCUT2D eigenvalue weighted by Crippen LogP contribution is -2.30. The molecule has 0 saturated heterocycles. The van der Waals surface area contributed by atoms with Gasteiger partial charge in [-0.1, -0.05) is 0 Å². The minimum Gasteiger partial charge on any atom is -0.492 e. The average molecular weight is 228 g/mol. The molecule has 1 rings (SSSR count). The molecular formula is C9H16N4O3. The van der Waals surface area contributed by atoms with E-state index in [1.807, 2.05) is 0 Å². The summed E-state index contributed by atoms with van der Waals surface area (Å²) in [5.41, 5.74) is 11.5. The molecular weight excluding hydrogens is 212 g/mol. The molecule has 1 unspecified atom stereocenters. The zero-order chi connectivity index (χ0) is 12.3. The van der Waals surface area contributed by atoms with Crippen LogP contribution in [-0.4, -0.2) is 31.8 Å². The number of anilines is 1. The Hall–Kier alpha value is -1.76. The van der Waals surface area contributed by atoms with E-state index in [1.54, 1.807) is 11.5 Å². The number of imidazole rings is 1. The Bertz CT molecular complexity index is 388. The number of nitrogen functional groups attached to an aromatic ring is 1. The molecule has 0 saturated carbocycles. The van der Waals surface area contributed by atoms with Crippen LogP contribution in [0.15, 0.2) is 0 Å². The van der Waals surface area contributed by atoms with Gasteiger partial charge in [-0.15, -0.1) is 0 Å². The smallest absolute Gasteiger partial charge is 0.320 e. The Morgan fingerprint density at radius 2 is 2.25 bits per heavy atom. The molecule has 0 radical (unpaired) electrons. The van der Waals surface area contributed by atoms with E-state index in [1.165, 1.54) is 0 Å². The fourth-order valence-electron chi connectivity index (χ4n) is 1.42. The van der Waals surface area contributed by atoms with Gasteiger partial charge in [-0.25, -0.2) is 0 Å². The molecule has 1 heterocycles. The highest BCUT2D eigenvalue weighted by Crippen LogP contribution is 2.18. The number of hydrogen-bond acceptors (Lipinski definition) is 5.